The predicted molar refractivity (Wildman–Crippen MR) is 97.3 cm³/mol. The molecule has 0 spiro atoms. The normalized spacial score (nSPS) is 12.7. The van der Waals surface area contributed by atoms with Gasteiger partial charge in [0.05, 0.1) is 20.5 Å². The van der Waals surface area contributed by atoms with Crippen LogP contribution in [0.3, 0.4) is 0 Å². The molecule has 0 saturated heterocycles. The molecule has 0 aromatic heterocycles. The van der Waals surface area contributed by atoms with Crippen molar-refractivity contribution in [3.8, 4) is 11.5 Å². The van der Waals surface area contributed by atoms with E-state index in [9.17, 15) is 13.2 Å². The zero-order chi connectivity index (χ0) is 19.0. The van der Waals surface area contributed by atoms with Gasteiger partial charge >= 0.3 is 0 Å². The largest absolute Gasteiger partial charge is 0.493 e. The van der Waals surface area contributed by atoms with E-state index in [1.54, 1.807) is 26.4 Å². The molecule has 1 N–H and O–H groups in total. The van der Waals surface area contributed by atoms with E-state index in [1.807, 2.05) is 19.9 Å². The number of carbonyl (C=O) groups excluding carboxylic acids is 1. The number of nitrogens with one attached hydrogen (secondary N) is 1. The predicted octanol–water partition coefficient (Wildman–Crippen LogP) is 1.77. The fourth-order valence-corrected chi connectivity index (χ4v) is 3.63. The van der Waals surface area contributed by atoms with Gasteiger partial charge in [0, 0.05) is 25.6 Å². The molecular formula is C17H28N2O5S. The van der Waals surface area contributed by atoms with Crippen molar-refractivity contribution in [3.63, 3.8) is 0 Å². The molecule has 8 heteroatoms. The first kappa shape index (κ1) is 21.2. The monoisotopic (exact) mass is 372 g/mol. The average Bonchev–Trinajstić information content (AvgIpc) is 2.58. The van der Waals surface area contributed by atoms with Crippen molar-refractivity contribution >= 4 is 15.9 Å². The summed E-state index contributed by atoms with van der Waals surface area (Å²) in [5.41, 5.74) is 0.868. The number of sulfonamides is 1. The Kier molecular flexibility index (Phi) is 8.18. The van der Waals surface area contributed by atoms with Gasteiger partial charge in [0.1, 0.15) is 0 Å². The van der Waals surface area contributed by atoms with Crippen LogP contribution in [0.2, 0.25) is 0 Å². The summed E-state index contributed by atoms with van der Waals surface area (Å²) in [5.74, 6) is 1.01. The third-order valence-corrected chi connectivity index (χ3v) is 5.40. The molecule has 0 fully saturated rings. The van der Waals surface area contributed by atoms with Crippen LogP contribution < -0.4 is 14.8 Å². The Morgan fingerprint density at radius 2 is 1.88 bits per heavy atom. The second kappa shape index (κ2) is 9.62. The maximum atomic E-state index is 12.0. The first-order valence-corrected chi connectivity index (χ1v) is 10.0. The van der Waals surface area contributed by atoms with Gasteiger partial charge in [-0.1, -0.05) is 13.0 Å². The highest BCUT2D eigenvalue weighted by atomic mass is 32.2. The van der Waals surface area contributed by atoms with E-state index in [2.05, 4.69) is 5.32 Å². The lowest BCUT2D eigenvalue weighted by Gasteiger charge is -2.25. The van der Waals surface area contributed by atoms with Crippen molar-refractivity contribution in [2.45, 2.75) is 39.3 Å². The number of benzene rings is 1. The number of hydrogen-bond donors (Lipinski definition) is 1. The fraction of sp³-hybridized carbons (Fsp3) is 0.588. The second-order valence-electron chi connectivity index (χ2n) is 5.85. The zero-order valence-electron chi connectivity index (χ0n) is 15.5. The van der Waals surface area contributed by atoms with Gasteiger partial charge in [-0.05, 0) is 31.0 Å². The first-order chi connectivity index (χ1) is 11.7. The molecule has 1 atom stereocenters. The van der Waals surface area contributed by atoms with Crippen molar-refractivity contribution in [1.29, 1.82) is 0 Å². The molecular weight excluding hydrogens is 344 g/mol. The molecule has 1 rings (SSSR count). The SMILES string of the molecule is CCC(C)N(CCC(=O)NCc1ccc(OC)c(OC)c1)S(C)(=O)=O. The van der Waals surface area contributed by atoms with Gasteiger partial charge in [0.25, 0.3) is 0 Å². The van der Waals surface area contributed by atoms with Crippen molar-refractivity contribution in [1.82, 2.24) is 9.62 Å². The van der Waals surface area contributed by atoms with Crippen molar-refractivity contribution in [2.75, 3.05) is 27.0 Å². The number of hydrogen-bond acceptors (Lipinski definition) is 5. The highest BCUT2D eigenvalue weighted by Crippen LogP contribution is 2.27. The average molecular weight is 372 g/mol. The minimum atomic E-state index is -3.33. The third-order valence-electron chi connectivity index (χ3n) is 4.01. The lowest BCUT2D eigenvalue weighted by atomic mass is 10.2. The topological polar surface area (TPSA) is 84.9 Å². The van der Waals surface area contributed by atoms with Crippen LogP contribution in [0.25, 0.3) is 0 Å². The summed E-state index contributed by atoms with van der Waals surface area (Å²) < 4.78 is 35.4. The van der Waals surface area contributed by atoms with E-state index in [0.717, 1.165) is 5.56 Å². The zero-order valence-corrected chi connectivity index (χ0v) is 16.4. The lowest BCUT2D eigenvalue weighted by Crippen LogP contribution is -2.40. The van der Waals surface area contributed by atoms with Gasteiger partial charge in [-0.25, -0.2) is 8.42 Å². The molecule has 1 unspecified atom stereocenters. The number of ether oxygens (including phenoxy) is 2. The summed E-state index contributed by atoms with van der Waals surface area (Å²) in [6.07, 6.45) is 1.98. The van der Waals surface area contributed by atoms with E-state index < -0.39 is 10.0 Å². The molecule has 142 valence electrons. The van der Waals surface area contributed by atoms with Crippen LogP contribution in [0.1, 0.15) is 32.3 Å². The van der Waals surface area contributed by atoms with Crippen LogP contribution in [-0.2, 0) is 21.4 Å². The fourth-order valence-electron chi connectivity index (χ4n) is 2.41. The summed E-state index contributed by atoms with van der Waals surface area (Å²) in [6, 6.07) is 5.27. The molecule has 1 amide bonds. The Morgan fingerprint density at radius 3 is 2.40 bits per heavy atom. The van der Waals surface area contributed by atoms with Crippen LogP contribution in [0.5, 0.6) is 11.5 Å². The minimum Gasteiger partial charge on any atom is -0.493 e. The second-order valence-corrected chi connectivity index (χ2v) is 7.78. The quantitative estimate of drug-likeness (QED) is 0.677. The molecule has 1 aromatic carbocycles. The molecule has 0 aliphatic rings. The smallest absolute Gasteiger partial charge is 0.221 e. The Labute approximate surface area is 150 Å². The molecule has 0 radical (unpaired) electrons. The maximum Gasteiger partial charge on any atom is 0.221 e. The molecule has 25 heavy (non-hydrogen) atoms. The van der Waals surface area contributed by atoms with Crippen LogP contribution in [-0.4, -0.2) is 51.7 Å². The lowest BCUT2D eigenvalue weighted by molar-refractivity contribution is -0.121. The van der Waals surface area contributed by atoms with E-state index in [0.29, 0.717) is 24.5 Å². The molecule has 0 bridgehead atoms. The molecule has 7 nitrogen and oxygen atoms in total. The van der Waals surface area contributed by atoms with Gasteiger partial charge in [0.15, 0.2) is 11.5 Å². The van der Waals surface area contributed by atoms with E-state index in [-0.39, 0.29) is 24.9 Å². The highest BCUT2D eigenvalue weighted by Gasteiger charge is 2.22. The van der Waals surface area contributed by atoms with Crippen molar-refractivity contribution in [2.24, 2.45) is 0 Å². The number of nitrogens with zero attached hydrogens (tertiary/aromatic N) is 1. The Balaban J connectivity index is 2.60. The van der Waals surface area contributed by atoms with Crippen LogP contribution in [0.4, 0.5) is 0 Å². The van der Waals surface area contributed by atoms with Gasteiger partial charge in [0.2, 0.25) is 15.9 Å². The molecule has 0 aliphatic heterocycles. The number of amides is 1. The Morgan fingerprint density at radius 1 is 1.24 bits per heavy atom. The standard InChI is InChI=1S/C17H28N2O5S/c1-6-13(2)19(25(5,21)22)10-9-17(20)18-12-14-7-8-15(23-3)16(11-14)24-4/h7-8,11,13H,6,9-10,12H2,1-5H3,(H,18,20). The maximum absolute atomic E-state index is 12.0. The number of carbonyl (C=O) groups is 1. The minimum absolute atomic E-state index is 0.116. The van der Waals surface area contributed by atoms with Gasteiger partial charge in [-0.15, -0.1) is 0 Å². The number of rotatable bonds is 10. The molecule has 0 aliphatic carbocycles. The summed E-state index contributed by atoms with van der Waals surface area (Å²) in [4.78, 5) is 12.0. The summed E-state index contributed by atoms with van der Waals surface area (Å²) >= 11 is 0. The third kappa shape index (κ3) is 6.55. The first-order valence-electron chi connectivity index (χ1n) is 8.17. The molecule has 1 aromatic rings. The van der Waals surface area contributed by atoms with E-state index in [1.165, 1.54) is 10.6 Å². The Bertz CT molecular complexity index is 676. The highest BCUT2D eigenvalue weighted by molar-refractivity contribution is 7.88. The summed E-state index contributed by atoms with van der Waals surface area (Å²) in [6.45, 7) is 4.26. The molecule has 0 heterocycles. The summed E-state index contributed by atoms with van der Waals surface area (Å²) in [5, 5.41) is 2.79. The van der Waals surface area contributed by atoms with Crippen LogP contribution in [0.15, 0.2) is 18.2 Å². The van der Waals surface area contributed by atoms with Crippen LogP contribution >= 0.6 is 0 Å². The van der Waals surface area contributed by atoms with Crippen molar-refractivity contribution in [3.05, 3.63) is 23.8 Å². The number of methoxy groups -OCH3 is 2. The van der Waals surface area contributed by atoms with Crippen molar-refractivity contribution < 1.29 is 22.7 Å². The summed E-state index contributed by atoms with van der Waals surface area (Å²) in [7, 11) is -0.223. The van der Waals surface area contributed by atoms with E-state index >= 15 is 0 Å². The van der Waals surface area contributed by atoms with Gasteiger partial charge in [-0.2, -0.15) is 4.31 Å². The Hall–Kier alpha value is -1.80. The molecule has 0 saturated carbocycles. The van der Waals surface area contributed by atoms with Crippen LogP contribution in [0, 0.1) is 0 Å². The van der Waals surface area contributed by atoms with Gasteiger partial charge < -0.3 is 14.8 Å². The van der Waals surface area contributed by atoms with E-state index in [4.69, 9.17) is 9.47 Å². The van der Waals surface area contributed by atoms with Gasteiger partial charge in [-0.3, -0.25) is 4.79 Å².